The Morgan fingerprint density at radius 3 is 2.56 bits per heavy atom. The van der Waals surface area contributed by atoms with Crippen LogP contribution in [0.25, 0.3) is 0 Å². The summed E-state index contributed by atoms with van der Waals surface area (Å²) in [5.41, 5.74) is 1.12. The van der Waals surface area contributed by atoms with E-state index in [-0.39, 0.29) is 47.5 Å². The monoisotopic (exact) mass is 566 g/mol. The van der Waals surface area contributed by atoms with Gasteiger partial charge >= 0.3 is 6.18 Å². The van der Waals surface area contributed by atoms with Crippen LogP contribution in [0, 0.1) is 5.92 Å². The molecule has 41 heavy (non-hydrogen) atoms. The maximum atomic E-state index is 14.2. The third-order valence-corrected chi connectivity index (χ3v) is 8.98. The number of fused-ring (bicyclic) bond motifs is 1. The van der Waals surface area contributed by atoms with E-state index in [1.54, 1.807) is 23.4 Å². The maximum absolute atomic E-state index is 14.2. The predicted molar refractivity (Wildman–Crippen MR) is 146 cm³/mol. The van der Waals surface area contributed by atoms with Crippen molar-refractivity contribution in [2.45, 2.75) is 63.8 Å². The molecule has 1 atom stereocenters. The van der Waals surface area contributed by atoms with Crippen LogP contribution in [0.4, 0.5) is 18.9 Å². The average Bonchev–Trinajstić information content (AvgIpc) is 3.45. The number of aromatic nitrogens is 3. The molecule has 1 aliphatic carbocycles. The summed E-state index contributed by atoms with van der Waals surface area (Å²) in [5, 5.41) is 11.7. The molecule has 0 radical (unpaired) electrons. The fourth-order valence-electron chi connectivity index (χ4n) is 6.30. The minimum Gasteiger partial charge on any atom is -0.342 e. The molecule has 11 heteroatoms. The third-order valence-electron chi connectivity index (χ3n) is 8.98. The van der Waals surface area contributed by atoms with Gasteiger partial charge in [-0.05, 0) is 67.1 Å². The number of halogens is 3. The van der Waals surface area contributed by atoms with E-state index in [1.807, 2.05) is 29.8 Å². The van der Waals surface area contributed by atoms with Gasteiger partial charge in [-0.15, -0.1) is 10.2 Å². The summed E-state index contributed by atoms with van der Waals surface area (Å²) in [4.78, 5) is 28.7. The number of anilines is 1. The lowest BCUT2D eigenvalue weighted by Gasteiger charge is -2.42. The van der Waals surface area contributed by atoms with E-state index in [4.69, 9.17) is 0 Å². The van der Waals surface area contributed by atoms with E-state index in [0.717, 1.165) is 30.7 Å². The first-order valence-electron chi connectivity index (χ1n) is 13.9. The molecule has 1 N–H and O–H groups in total. The lowest BCUT2D eigenvalue weighted by molar-refractivity contribution is -0.138. The van der Waals surface area contributed by atoms with Crippen molar-refractivity contribution in [3.63, 3.8) is 0 Å². The third kappa shape index (κ3) is 5.00. The van der Waals surface area contributed by atoms with Crippen LogP contribution in [0.15, 0.2) is 42.7 Å². The van der Waals surface area contributed by atoms with Gasteiger partial charge in [0.2, 0.25) is 5.91 Å². The number of nitrogens with zero attached hydrogens (tertiary/aromatic N) is 5. The summed E-state index contributed by atoms with van der Waals surface area (Å²) in [6, 6.07) is 10.1. The standard InChI is InChI=1S/C30H33F3N6O2/c1-18(40)38-14-21(15-38)26(27-36-35-17-37(27)3)20-6-4-7-22(12-20)39-16-24-23(28(39)41)10-19(11-25(24)30(31,32)33)13-34-29(2)8-5-9-29/h4,6-7,10-12,17,21,26,34H,5,8-9,13-16H2,1-3H3. The number of hydrogen-bond acceptors (Lipinski definition) is 5. The first kappa shape index (κ1) is 27.4. The summed E-state index contributed by atoms with van der Waals surface area (Å²) in [5.74, 6) is 0.176. The van der Waals surface area contributed by atoms with Crippen molar-refractivity contribution >= 4 is 17.5 Å². The summed E-state index contributed by atoms with van der Waals surface area (Å²) in [6.45, 7) is 4.85. The molecule has 2 aromatic carbocycles. The Morgan fingerprint density at radius 1 is 1.20 bits per heavy atom. The van der Waals surface area contributed by atoms with Crippen molar-refractivity contribution in [2.24, 2.45) is 13.0 Å². The molecule has 1 saturated carbocycles. The molecular weight excluding hydrogens is 533 g/mol. The normalized spacial score (nSPS) is 19.1. The van der Waals surface area contributed by atoms with E-state index >= 15 is 0 Å². The number of likely N-dealkylation sites (tertiary alicyclic amines) is 1. The number of carbonyl (C=O) groups is 2. The van der Waals surface area contributed by atoms with E-state index in [9.17, 15) is 22.8 Å². The van der Waals surface area contributed by atoms with Crippen LogP contribution >= 0.6 is 0 Å². The molecule has 2 fully saturated rings. The zero-order chi connectivity index (χ0) is 29.1. The van der Waals surface area contributed by atoms with Crippen LogP contribution in [0.2, 0.25) is 0 Å². The number of carbonyl (C=O) groups excluding carboxylic acids is 2. The second-order valence-corrected chi connectivity index (χ2v) is 11.9. The topological polar surface area (TPSA) is 83.4 Å². The van der Waals surface area contributed by atoms with Crippen LogP contribution in [0.3, 0.4) is 0 Å². The highest BCUT2D eigenvalue weighted by atomic mass is 19.4. The van der Waals surface area contributed by atoms with Crippen molar-refractivity contribution in [1.29, 1.82) is 0 Å². The molecule has 216 valence electrons. The van der Waals surface area contributed by atoms with Gasteiger partial charge in [-0.1, -0.05) is 12.1 Å². The van der Waals surface area contributed by atoms with E-state index in [2.05, 4.69) is 22.4 Å². The fraction of sp³-hybridized carbons (Fsp3) is 0.467. The quantitative estimate of drug-likeness (QED) is 0.451. The Hall–Kier alpha value is -3.73. The molecule has 0 spiro atoms. The van der Waals surface area contributed by atoms with Gasteiger partial charge in [0.1, 0.15) is 12.2 Å². The number of rotatable bonds is 7. The Kier molecular flexibility index (Phi) is 6.67. The van der Waals surface area contributed by atoms with Crippen LogP contribution in [-0.4, -0.2) is 50.1 Å². The van der Waals surface area contributed by atoms with E-state index in [0.29, 0.717) is 24.3 Å². The Morgan fingerprint density at radius 2 is 1.95 bits per heavy atom. The Bertz CT molecular complexity index is 1510. The molecule has 8 nitrogen and oxygen atoms in total. The molecule has 1 unspecified atom stereocenters. The number of amides is 2. The van der Waals surface area contributed by atoms with Gasteiger partial charge in [-0.3, -0.25) is 9.59 Å². The lowest BCUT2D eigenvalue weighted by atomic mass is 9.78. The van der Waals surface area contributed by atoms with E-state index < -0.39 is 17.6 Å². The first-order chi connectivity index (χ1) is 19.4. The highest BCUT2D eigenvalue weighted by Gasteiger charge is 2.42. The van der Waals surface area contributed by atoms with Crippen molar-refractivity contribution < 1.29 is 22.8 Å². The molecule has 3 aromatic rings. The number of benzene rings is 2. The first-order valence-corrected chi connectivity index (χ1v) is 13.9. The summed E-state index contributed by atoms with van der Waals surface area (Å²) in [7, 11) is 1.85. The van der Waals surface area contributed by atoms with Gasteiger partial charge in [-0.2, -0.15) is 13.2 Å². The highest BCUT2D eigenvalue weighted by molar-refractivity contribution is 6.10. The highest BCUT2D eigenvalue weighted by Crippen LogP contribution is 2.42. The number of alkyl halides is 3. The molecule has 6 rings (SSSR count). The zero-order valence-corrected chi connectivity index (χ0v) is 23.3. The molecular formula is C30H33F3N6O2. The van der Waals surface area contributed by atoms with Crippen molar-refractivity contribution in [2.75, 3.05) is 18.0 Å². The maximum Gasteiger partial charge on any atom is 0.416 e. The summed E-state index contributed by atoms with van der Waals surface area (Å²) >= 11 is 0. The number of nitrogens with one attached hydrogen (secondary N) is 1. The van der Waals surface area contributed by atoms with Gasteiger partial charge in [0.25, 0.3) is 5.91 Å². The largest absolute Gasteiger partial charge is 0.416 e. The Balaban J connectivity index is 1.32. The second kappa shape index (κ2) is 9.97. The van der Waals surface area contributed by atoms with Crippen LogP contribution in [-0.2, 0) is 31.1 Å². The minimum absolute atomic E-state index is 0.00368. The smallest absolute Gasteiger partial charge is 0.342 e. The van der Waals surface area contributed by atoms with Crippen molar-refractivity contribution in [3.05, 3.63) is 76.4 Å². The summed E-state index contributed by atoms with van der Waals surface area (Å²) in [6.07, 6.45) is 0.0970. The van der Waals surface area contributed by atoms with Crippen LogP contribution < -0.4 is 10.2 Å². The van der Waals surface area contributed by atoms with Crippen molar-refractivity contribution in [3.8, 4) is 0 Å². The van der Waals surface area contributed by atoms with E-state index in [1.165, 1.54) is 17.9 Å². The fourth-order valence-corrected chi connectivity index (χ4v) is 6.30. The lowest BCUT2D eigenvalue weighted by Crippen LogP contribution is -2.51. The molecule has 1 aromatic heterocycles. The molecule has 3 heterocycles. The van der Waals surface area contributed by atoms with Crippen LogP contribution in [0.5, 0.6) is 0 Å². The SMILES string of the molecule is CC(=O)N1CC(C(c2cccc(N3Cc4c(cc(CNC5(C)CCC5)cc4C(F)(F)F)C3=O)c2)c2nncn2C)C1. The number of hydrogen-bond donors (Lipinski definition) is 1. The van der Waals surface area contributed by atoms with Crippen molar-refractivity contribution in [1.82, 2.24) is 25.0 Å². The predicted octanol–water partition coefficient (Wildman–Crippen LogP) is 4.64. The average molecular weight is 567 g/mol. The summed E-state index contributed by atoms with van der Waals surface area (Å²) < 4.78 is 44.5. The molecule has 3 aliphatic rings. The Labute approximate surface area is 236 Å². The minimum atomic E-state index is -4.58. The van der Waals surface area contributed by atoms with Gasteiger partial charge in [0.15, 0.2) is 0 Å². The van der Waals surface area contributed by atoms with Gasteiger partial charge in [0, 0.05) is 56.3 Å². The molecule has 1 saturated heterocycles. The van der Waals surface area contributed by atoms with Gasteiger partial charge in [-0.25, -0.2) is 0 Å². The number of aryl methyl sites for hydroxylation is 1. The van der Waals surface area contributed by atoms with Crippen LogP contribution in [0.1, 0.15) is 77.5 Å². The van der Waals surface area contributed by atoms with Gasteiger partial charge in [0.05, 0.1) is 18.0 Å². The molecule has 0 bridgehead atoms. The molecule has 2 amide bonds. The molecule has 2 aliphatic heterocycles. The zero-order valence-electron chi connectivity index (χ0n) is 23.3. The second-order valence-electron chi connectivity index (χ2n) is 11.9. The van der Waals surface area contributed by atoms with Gasteiger partial charge < -0.3 is 19.7 Å².